The van der Waals surface area contributed by atoms with Crippen LogP contribution in [0.3, 0.4) is 0 Å². The molecule has 1 atom stereocenters. The Balaban J connectivity index is 1.28. The number of nitrogens with zero attached hydrogens (tertiary/aromatic N) is 2. The SMILES string of the molecule is CC(NC(=O)c1n[nH]c2ccccc12)C(=O)NCc1ccc(CN2CCCC2=O)cc1. The van der Waals surface area contributed by atoms with Gasteiger partial charge in [-0.15, -0.1) is 0 Å². The van der Waals surface area contributed by atoms with Crippen molar-refractivity contribution < 1.29 is 14.4 Å². The summed E-state index contributed by atoms with van der Waals surface area (Å²) in [6.45, 7) is 3.43. The van der Waals surface area contributed by atoms with Gasteiger partial charge in [-0.05, 0) is 30.5 Å². The van der Waals surface area contributed by atoms with Gasteiger partial charge in [0.1, 0.15) is 6.04 Å². The molecule has 0 bridgehead atoms. The molecule has 0 spiro atoms. The van der Waals surface area contributed by atoms with Gasteiger partial charge in [0.2, 0.25) is 11.8 Å². The Bertz CT molecular complexity index is 1110. The molecule has 160 valence electrons. The number of H-pyrrole nitrogens is 1. The highest BCUT2D eigenvalue weighted by molar-refractivity contribution is 6.05. The Morgan fingerprint density at radius 3 is 2.61 bits per heavy atom. The third-order valence-electron chi connectivity index (χ3n) is 5.46. The first-order valence-corrected chi connectivity index (χ1v) is 10.4. The third-order valence-corrected chi connectivity index (χ3v) is 5.46. The van der Waals surface area contributed by atoms with E-state index in [2.05, 4.69) is 20.8 Å². The molecule has 0 aliphatic carbocycles. The molecule has 1 unspecified atom stereocenters. The topological polar surface area (TPSA) is 107 Å². The van der Waals surface area contributed by atoms with Crippen molar-refractivity contribution in [1.82, 2.24) is 25.7 Å². The standard InChI is InChI=1S/C23H25N5O3/c1-15(25-23(31)21-18-5-2-3-6-19(18)26-27-21)22(30)24-13-16-8-10-17(11-9-16)14-28-12-4-7-20(28)29/h2-3,5-6,8-11,15H,4,7,12-14H2,1H3,(H,24,30)(H,25,31)(H,26,27). The minimum absolute atomic E-state index is 0.204. The van der Waals surface area contributed by atoms with Gasteiger partial charge >= 0.3 is 0 Å². The molecule has 1 aromatic heterocycles. The Kier molecular flexibility index (Phi) is 5.97. The fourth-order valence-corrected chi connectivity index (χ4v) is 3.66. The van der Waals surface area contributed by atoms with Crippen LogP contribution in [0.5, 0.6) is 0 Å². The van der Waals surface area contributed by atoms with Gasteiger partial charge in [-0.25, -0.2) is 0 Å². The highest BCUT2D eigenvalue weighted by Gasteiger charge is 2.21. The van der Waals surface area contributed by atoms with Gasteiger partial charge in [-0.2, -0.15) is 5.10 Å². The molecule has 1 saturated heterocycles. The number of para-hydroxylation sites is 1. The van der Waals surface area contributed by atoms with Gasteiger partial charge in [0, 0.05) is 31.4 Å². The average molecular weight is 419 g/mol. The van der Waals surface area contributed by atoms with Gasteiger partial charge in [0.15, 0.2) is 5.69 Å². The molecule has 3 amide bonds. The Morgan fingerprint density at radius 1 is 1.13 bits per heavy atom. The second-order valence-electron chi connectivity index (χ2n) is 7.77. The zero-order chi connectivity index (χ0) is 21.8. The van der Waals surface area contributed by atoms with Crippen LogP contribution < -0.4 is 10.6 Å². The van der Waals surface area contributed by atoms with Crippen molar-refractivity contribution in [2.45, 2.75) is 38.9 Å². The van der Waals surface area contributed by atoms with Crippen LogP contribution in [0.1, 0.15) is 41.4 Å². The molecule has 2 heterocycles. The minimum Gasteiger partial charge on any atom is -0.350 e. The molecular weight excluding hydrogens is 394 g/mol. The number of aromatic amines is 1. The molecule has 0 saturated carbocycles. The van der Waals surface area contributed by atoms with Gasteiger partial charge in [0.05, 0.1) is 5.52 Å². The summed E-state index contributed by atoms with van der Waals surface area (Å²) in [5, 5.41) is 13.1. The third kappa shape index (κ3) is 4.74. The van der Waals surface area contributed by atoms with Gasteiger partial charge in [-0.1, -0.05) is 42.5 Å². The molecule has 3 aromatic rings. The van der Waals surface area contributed by atoms with Crippen molar-refractivity contribution >= 4 is 28.6 Å². The number of amides is 3. The van der Waals surface area contributed by atoms with Crippen molar-refractivity contribution in [3.63, 3.8) is 0 Å². The molecule has 4 rings (SSSR count). The fraction of sp³-hybridized carbons (Fsp3) is 0.304. The fourth-order valence-electron chi connectivity index (χ4n) is 3.66. The molecule has 1 aliphatic heterocycles. The number of carbonyl (C=O) groups excluding carboxylic acids is 3. The summed E-state index contributed by atoms with van der Waals surface area (Å²) < 4.78 is 0. The van der Waals surface area contributed by atoms with E-state index in [-0.39, 0.29) is 17.5 Å². The minimum atomic E-state index is -0.705. The van der Waals surface area contributed by atoms with Crippen LogP contribution in [0.4, 0.5) is 0 Å². The van der Waals surface area contributed by atoms with Crippen LogP contribution in [-0.2, 0) is 22.7 Å². The molecule has 1 fully saturated rings. The molecular formula is C23H25N5O3. The van der Waals surface area contributed by atoms with Crippen molar-refractivity contribution in [3.8, 4) is 0 Å². The van der Waals surface area contributed by atoms with Crippen LogP contribution in [0.25, 0.3) is 10.9 Å². The highest BCUT2D eigenvalue weighted by atomic mass is 16.2. The summed E-state index contributed by atoms with van der Waals surface area (Å²) >= 11 is 0. The predicted molar refractivity (Wildman–Crippen MR) is 116 cm³/mol. The van der Waals surface area contributed by atoms with Crippen LogP contribution in [-0.4, -0.2) is 45.4 Å². The maximum atomic E-state index is 12.5. The molecule has 1 aliphatic rings. The summed E-state index contributed by atoms with van der Waals surface area (Å²) in [4.78, 5) is 38.5. The number of benzene rings is 2. The Labute approximate surface area is 180 Å². The zero-order valence-corrected chi connectivity index (χ0v) is 17.4. The first kappa shape index (κ1) is 20.6. The maximum Gasteiger partial charge on any atom is 0.273 e. The maximum absolute atomic E-state index is 12.5. The second kappa shape index (κ2) is 8.99. The summed E-state index contributed by atoms with van der Waals surface area (Å²) in [5.74, 6) is -0.476. The largest absolute Gasteiger partial charge is 0.350 e. The van der Waals surface area contributed by atoms with Crippen molar-refractivity contribution in [2.24, 2.45) is 0 Å². The molecule has 31 heavy (non-hydrogen) atoms. The Morgan fingerprint density at radius 2 is 1.87 bits per heavy atom. The van der Waals surface area contributed by atoms with E-state index < -0.39 is 11.9 Å². The number of hydrogen-bond acceptors (Lipinski definition) is 4. The van der Waals surface area contributed by atoms with E-state index in [9.17, 15) is 14.4 Å². The van der Waals surface area contributed by atoms with Crippen molar-refractivity contribution in [2.75, 3.05) is 6.54 Å². The molecule has 2 aromatic carbocycles. The van der Waals surface area contributed by atoms with Gasteiger partial charge in [-0.3, -0.25) is 19.5 Å². The van der Waals surface area contributed by atoms with Crippen LogP contribution >= 0.6 is 0 Å². The van der Waals surface area contributed by atoms with E-state index in [1.54, 1.807) is 6.92 Å². The monoisotopic (exact) mass is 419 g/mol. The molecule has 8 nitrogen and oxygen atoms in total. The van der Waals surface area contributed by atoms with Crippen LogP contribution in [0.2, 0.25) is 0 Å². The van der Waals surface area contributed by atoms with Gasteiger partial charge in [0.25, 0.3) is 5.91 Å². The lowest BCUT2D eigenvalue weighted by molar-refractivity contribution is -0.128. The van der Waals surface area contributed by atoms with Crippen LogP contribution in [0.15, 0.2) is 48.5 Å². The lowest BCUT2D eigenvalue weighted by Gasteiger charge is -2.16. The van der Waals surface area contributed by atoms with Crippen molar-refractivity contribution in [1.29, 1.82) is 0 Å². The molecule has 8 heteroatoms. The average Bonchev–Trinajstić information content (AvgIpc) is 3.39. The number of carbonyl (C=O) groups is 3. The second-order valence-corrected chi connectivity index (χ2v) is 7.77. The predicted octanol–water partition coefficient (Wildman–Crippen LogP) is 2.12. The smallest absolute Gasteiger partial charge is 0.273 e. The number of hydrogen-bond donors (Lipinski definition) is 3. The summed E-state index contributed by atoms with van der Waals surface area (Å²) in [5.41, 5.74) is 3.04. The van der Waals surface area contributed by atoms with E-state index in [1.165, 1.54) is 0 Å². The Hall–Kier alpha value is -3.68. The lowest BCUT2D eigenvalue weighted by atomic mass is 10.1. The first-order valence-electron chi connectivity index (χ1n) is 10.4. The van der Waals surface area contributed by atoms with Crippen LogP contribution in [0, 0.1) is 0 Å². The quantitative estimate of drug-likeness (QED) is 0.545. The van der Waals surface area contributed by atoms with E-state index in [1.807, 2.05) is 53.4 Å². The van der Waals surface area contributed by atoms with E-state index >= 15 is 0 Å². The molecule has 0 radical (unpaired) electrons. The summed E-state index contributed by atoms with van der Waals surface area (Å²) in [6, 6.07) is 14.5. The van der Waals surface area contributed by atoms with E-state index in [0.717, 1.165) is 29.6 Å². The number of likely N-dealkylation sites (tertiary alicyclic amines) is 1. The molecule has 3 N–H and O–H groups in total. The summed E-state index contributed by atoms with van der Waals surface area (Å²) in [7, 11) is 0. The highest BCUT2D eigenvalue weighted by Crippen LogP contribution is 2.16. The van der Waals surface area contributed by atoms with E-state index in [4.69, 9.17) is 0 Å². The van der Waals surface area contributed by atoms with Gasteiger partial charge < -0.3 is 15.5 Å². The number of fused-ring (bicyclic) bond motifs is 1. The number of rotatable bonds is 7. The number of nitrogens with one attached hydrogen (secondary N) is 3. The van der Waals surface area contributed by atoms with E-state index in [0.29, 0.717) is 24.9 Å². The number of aromatic nitrogens is 2. The summed E-state index contributed by atoms with van der Waals surface area (Å²) in [6.07, 6.45) is 1.56. The normalized spacial score (nSPS) is 14.6. The zero-order valence-electron chi connectivity index (χ0n) is 17.4. The first-order chi connectivity index (χ1) is 15.0. The van der Waals surface area contributed by atoms with Crippen molar-refractivity contribution in [3.05, 3.63) is 65.4 Å². The lowest BCUT2D eigenvalue weighted by Crippen LogP contribution is -2.44.